The minimum Gasteiger partial charge on any atom is -0.328 e. The van der Waals surface area contributed by atoms with Crippen molar-refractivity contribution >= 4 is 11.6 Å². The van der Waals surface area contributed by atoms with Crippen molar-refractivity contribution in [2.45, 2.75) is 32.4 Å². The van der Waals surface area contributed by atoms with Crippen LogP contribution in [0.1, 0.15) is 19.0 Å². The maximum absolute atomic E-state index is 5.91. The summed E-state index contributed by atoms with van der Waals surface area (Å²) in [6.45, 7) is 3.03. The molecule has 0 fully saturated rings. The van der Waals surface area contributed by atoms with E-state index in [2.05, 4.69) is 16.5 Å². The molecular formula is C9H14ClN3. The highest BCUT2D eigenvalue weighted by molar-refractivity contribution is 6.28. The zero-order valence-electron chi connectivity index (χ0n) is 7.70. The molecule has 1 aliphatic heterocycles. The van der Waals surface area contributed by atoms with Gasteiger partial charge in [0, 0.05) is 24.5 Å². The molecule has 0 aliphatic carbocycles. The highest BCUT2D eigenvalue weighted by Gasteiger charge is 2.22. The van der Waals surface area contributed by atoms with Crippen LogP contribution in [-0.4, -0.2) is 15.6 Å². The fraction of sp³-hybridized carbons (Fsp3) is 0.667. The Balaban J connectivity index is 2.21. The van der Waals surface area contributed by atoms with E-state index < -0.39 is 0 Å². The molecule has 2 N–H and O–H groups in total. The molecule has 0 radical (unpaired) electrons. The van der Waals surface area contributed by atoms with Gasteiger partial charge in [-0.15, -0.1) is 0 Å². The second-order valence-corrected chi connectivity index (χ2v) is 4.12. The van der Waals surface area contributed by atoms with Crippen LogP contribution in [0.25, 0.3) is 0 Å². The zero-order valence-corrected chi connectivity index (χ0v) is 8.46. The smallest absolute Gasteiger partial charge is 0.202 e. The third kappa shape index (κ3) is 1.58. The predicted octanol–water partition coefficient (Wildman–Crippen LogP) is 1.45. The first-order valence-electron chi connectivity index (χ1n) is 4.64. The Labute approximate surface area is 82.9 Å². The standard InChI is InChI=1S/C9H14ClN3/c1-6(11)7-2-3-13-8(4-7)5-12-9(13)10/h5-7H,2-4,11H2,1H3. The molecule has 4 heteroatoms. The van der Waals surface area contributed by atoms with Gasteiger partial charge in [0.05, 0.1) is 0 Å². The number of aromatic nitrogens is 2. The largest absolute Gasteiger partial charge is 0.328 e. The first-order valence-corrected chi connectivity index (χ1v) is 5.01. The summed E-state index contributed by atoms with van der Waals surface area (Å²) in [6, 6.07) is 0.266. The van der Waals surface area contributed by atoms with Gasteiger partial charge in [-0.2, -0.15) is 0 Å². The molecule has 0 bridgehead atoms. The maximum atomic E-state index is 5.91. The summed E-state index contributed by atoms with van der Waals surface area (Å²) in [5, 5.41) is 0.609. The Morgan fingerprint density at radius 1 is 1.77 bits per heavy atom. The molecule has 0 saturated carbocycles. The van der Waals surface area contributed by atoms with E-state index in [1.54, 1.807) is 0 Å². The van der Waals surface area contributed by atoms with Crippen molar-refractivity contribution in [2.75, 3.05) is 0 Å². The number of hydrogen-bond donors (Lipinski definition) is 1. The summed E-state index contributed by atoms with van der Waals surface area (Å²) in [6.07, 6.45) is 3.98. The van der Waals surface area contributed by atoms with E-state index in [4.69, 9.17) is 17.3 Å². The van der Waals surface area contributed by atoms with Gasteiger partial charge in [0.2, 0.25) is 5.28 Å². The molecule has 72 valence electrons. The van der Waals surface area contributed by atoms with Gasteiger partial charge in [0.1, 0.15) is 0 Å². The number of rotatable bonds is 1. The third-order valence-electron chi connectivity index (χ3n) is 2.83. The Morgan fingerprint density at radius 2 is 2.54 bits per heavy atom. The molecule has 0 amide bonds. The fourth-order valence-corrected chi connectivity index (χ4v) is 2.14. The lowest BCUT2D eigenvalue weighted by molar-refractivity contribution is 0.343. The lowest BCUT2D eigenvalue weighted by Crippen LogP contribution is -2.32. The summed E-state index contributed by atoms with van der Waals surface area (Å²) < 4.78 is 2.07. The van der Waals surface area contributed by atoms with Gasteiger partial charge in [-0.05, 0) is 37.3 Å². The molecule has 0 spiro atoms. The van der Waals surface area contributed by atoms with Crippen LogP contribution >= 0.6 is 11.6 Å². The quantitative estimate of drug-likeness (QED) is 0.744. The van der Waals surface area contributed by atoms with Crippen molar-refractivity contribution in [3.8, 4) is 0 Å². The number of fused-ring (bicyclic) bond motifs is 1. The molecule has 2 rings (SSSR count). The van der Waals surface area contributed by atoms with Crippen LogP contribution in [0.15, 0.2) is 6.20 Å². The Kier molecular flexibility index (Phi) is 2.30. The van der Waals surface area contributed by atoms with E-state index in [0.717, 1.165) is 19.4 Å². The summed E-state index contributed by atoms with van der Waals surface area (Å²) in [5.41, 5.74) is 7.09. The third-order valence-corrected chi connectivity index (χ3v) is 3.13. The van der Waals surface area contributed by atoms with Gasteiger partial charge in [-0.3, -0.25) is 0 Å². The van der Waals surface area contributed by atoms with Crippen LogP contribution in [0.4, 0.5) is 0 Å². The lowest BCUT2D eigenvalue weighted by atomic mass is 9.90. The fourth-order valence-electron chi connectivity index (χ4n) is 1.90. The molecule has 1 aromatic heterocycles. The molecular weight excluding hydrogens is 186 g/mol. The van der Waals surface area contributed by atoms with Crippen LogP contribution in [0.2, 0.25) is 5.28 Å². The van der Waals surface area contributed by atoms with Crippen molar-refractivity contribution < 1.29 is 0 Å². The molecule has 0 aromatic carbocycles. The molecule has 0 saturated heterocycles. The summed E-state index contributed by atoms with van der Waals surface area (Å²) in [7, 11) is 0. The number of imidazole rings is 1. The van der Waals surface area contributed by atoms with E-state index in [0.29, 0.717) is 11.2 Å². The van der Waals surface area contributed by atoms with E-state index in [1.807, 2.05) is 6.20 Å². The van der Waals surface area contributed by atoms with Gasteiger partial charge in [0.15, 0.2) is 0 Å². The maximum Gasteiger partial charge on any atom is 0.202 e. The van der Waals surface area contributed by atoms with Crippen LogP contribution in [-0.2, 0) is 13.0 Å². The van der Waals surface area contributed by atoms with Crippen LogP contribution < -0.4 is 5.73 Å². The van der Waals surface area contributed by atoms with Crippen molar-refractivity contribution in [3.63, 3.8) is 0 Å². The number of nitrogens with zero attached hydrogens (tertiary/aromatic N) is 2. The topological polar surface area (TPSA) is 43.8 Å². The molecule has 2 heterocycles. The van der Waals surface area contributed by atoms with Crippen LogP contribution in [0.3, 0.4) is 0 Å². The summed E-state index contributed by atoms with van der Waals surface area (Å²) in [5.74, 6) is 0.584. The van der Waals surface area contributed by atoms with Gasteiger partial charge in [-0.1, -0.05) is 0 Å². The molecule has 1 aromatic rings. The van der Waals surface area contributed by atoms with Crippen molar-refractivity contribution in [1.82, 2.24) is 9.55 Å². The van der Waals surface area contributed by atoms with Crippen molar-refractivity contribution in [2.24, 2.45) is 11.7 Å². The monoisotopic (exact) mass is 199 g/mol. The second-order valence-electron chi connectivity index (χ2n) is 3.78. The van der Waals surface area contributed by atoms with Crippen LogP contribution in [0.5, 0.6) is 0 Å². The molecule has 13 heavy (non-hydrogen) atoms. The molecule has 2 atom stereocenters. The van der Waals surface area contributed by atoms with E-state index in [-0.39, 0.29) is 6.04 Å². The highest BCUT2D eigenvalue weighted by Crippen LogP contribution is 2.25. The van der Waals surface area contributed by atoms with Gasteiger partial charge < -0.3 is 10.3 Å². The van der Waals surface area contributed by atoms with Crippen molar-refractivity contribution in [1.29, 1.82) is 0 Å². The highest BCUT2D eigenvalue weighted by atomic mass is 35.5. The van der Waals surface area contributed by atoms with Gasteiger partial charge in [-0.25, -0.2) is 4.98 Å². The second kappa shape index (κ2) is 3.31. The Morgan fingerprint density at radius 3 is 3.23 bits per heavy atom. The summed E-state index contributed by atoms with van der Waals surface area (Å²) >= 11 is 5.91. The van der Waals surface area contributed by atoms with Crippen molar-refractivity contribution in [3.05, 3.63) is 17.2 Å². The summed E-state index contributed by atoms with van der Waals surface area (Å²) in [4.78, 5) is 4.08. The minimum absolute atomic E-state index is 0.266. The average Bonchev–Trinajstić information content (AvgIpc) is 2.47. The molecule has 2 unspecified atom stereocenters. The number of hydrogen-bond acceptors (Lipinski definition) is 2. The van der Waals surface area contributed by atoms with E-state index >= 15 is 0 Å². The van der Waals surface area contributed by atoms with E-state index in [9.17, 15) is 0 Å². The van der Waals surface area contributed by atoms with Crippen LogP contribution in [0, 0.1) is 5.92 Å². The average molecular weight is 200 g/mol. The zero-order chi connectivity index (χ0) is 9.42. The predicted molar refractivity (Wildman–Crippen MR) is 52.7 cm³/mol. The first-order chi connectivity index (χ1) is 6.18. The Hall–Kier alpha value is -0.540. The Bertz CT molecular complexity index is 306. The van der Waals surface area contributed by atoms with E-state index in [1.165, 1.54) is 5.69 Å². The van der Waals surface area contributed by atoms with Gasteiger partial charge in [0.25, 0.3) is 0 Å². The number of halogens is 1. The first kappa shape index (κ1) is 9.03. The molecule has 3 nitrogen and oxygen atoms in total. The lowest BCUT2D eigenvalue weighted by Gasteiger charge is -2.26. The normalized spacial score (nSPS) is 24.1. The van der Waals surface area contributed by atoms with Gasteiger partial charge >= 0.3 is 0 Å². The minimum atomic E-state index is 0.266. The molecule has 1 aliphatic rings. The SMILES string of the molecule is CC(N)C1CCn2c(cnc2Cl)C1. The number of nitrogens with two attached hydrogens (primary N) is 1.